The van der Waals surface area contributed by atoms with Crippen LogP contribution in [0.15, 0.2) is 60.9 Å². The third-order valence-electron chi connectivity index (χ3n) is 3.76. The molecular weight excluding hydrogens is 357 g/mol. The van der Waals surface area contributed by atoms with Gasteiger partial charge in [-0.25, -0.2) is 9.97 Å². The summed E-state index contributed by atoms with van der Waals surface area (Å²) in [6.07, 6.45) is -3.28. The number of para-hydroxylation sites is 1. The van der Waals surface area contributed by atoms with Crippen LogP contribution in [0, 0.1) is 6.92 Å². The van der Waals surface area contributed by atoms with Crippen LogP contribution in [0.5, 0.6) is 0 Å². The van der Waals surface area contributed by atoms with Crippen molar-refractivity contribution in [1.29, 1.82) is 0 Å². The molecule has 1 heterocycles. The number of nitrogens with one attached hydrogen (secondary N) is 2. The summed E-state index contributed by atoms with van der Waals surface area (Å²) in [5, 5.41) is 5.50. The molecule has 0 atom stereocenters. The predicted octanol–water partition coefficient (Wildman–Crippen LogP) is 4.80. The van der Waals surface area contributed by atoms with Gasteiger partial charge in [0, 0.05) is 17.4 Å². The van der Waals surface area contributed by atoms with Crippen molar-refractivity contribution in [2.24, 2.45) is 0 Å². The number of hydrogen-bond donors (Lipinski definition) is 2. The number of carbonyl (C=O) groups is 1. The van der Waals surface area contributed by atoms with Gasteiger partial charge in [0.2, 0.25) is 0 Å². The molecule has 0 fully saturated rings. The molecule has 1 amide bonds. The summed E-state index contributed by atoms with van der Waals surface area (Å²) in [5.74, 6) is -0.238. The Morgan fingerprint density at radius 2 is 1.78 bits per heavy atom. The Labute approximate surface area is 153 Å². The molecule has 5 nitrogen and oxygen atoms in total. The van der Waals surface area contributed by atoms with E-state index in [0.29, 0.717) is 5.82 Å². The molecule has 1 aromatic heterocycles. The summed E-state index contributed by atoms with van der Waals surface area (Å²) in [6, 6.07) is 13.4. The average Bonchev–Trinajstić information content (AvgIpc) is 2.63. The minimum absolute atomic E-state index is 0.0264. The number of carbonyl (C=O) groups excluding carboxylic acids is 1. The second kappa shape index (κ2) is 7.45. The number of benzene rings is 2. The number of halogens is 3. The Bertz CT molecular complexity index is 973. The zero-order chi connectivity index (χ0) is 19.4. The van der Waals surface area contributed by atoms with Crippen molar-refractivity contribution in [2.75, 3.05) is 10.6 Å². The molecule has 0 bridgehead atoms. The van der Waals surface area contributed by atoms with Gasteiger partial charge in [-0.15, -0.1) is 0 Å². The second-order valence-corrected chi connectivity index (χ2v) is 5.76. The summed E-state index contributed by atoms with van der Waals surface area (Å²) in [6.45, 7) is 1.92. The maximum atomic E-state index is 12.8. The average molecular weight is 372 g/mol. The lowest BCUT2D eigenvalue weighted by atomic mass is 10.2. The topological polar surface area (TPSA) is 66.9 Å². The Hall–Kier alpha value is -3.42. The van der Waals surface area contributed by atoms with Gasteiger partial charge in [-0.1, -0.05) is 24.3 Å². The van der Waals surface area contributed by atoms with Crippen LogP contribution in [0.4, 0.5) is 30.4 Å². The van der Waals surface area contributed by atoms with Crippen molar-refractivity contribution >= 4 is 23.1 Å². The molecule has 0 saturated carbocycles. The minimum Gasteiger partial charge on any atom is -0.340 e. The number of amides is 1. The van der Waals surface area contributed by atoms with Gasteiger partial charge in [0.05, 0.1) is 5.56 Å². The summed E-state index contributed by atoms with van der Waals surface area (Å²) >= 11 is 0. The van der Waals surface area contributed by atoms with E-state index >= 15 is 0 Å². The van der Waals surface area contributed by atoms with Gasteiger partial charge in [0.1, 0.15) is 17.8 Å². The number of anilines is 3. The van der Waals surface area contributed by atoms with E-state index in [-0.39, 0.29) is 11.4 Å². The summed E-state index contributed by atoms with van der Waals surface area (Å²) in [5.41, 5.74) is 1.02. The van der Waals surface area contributed by atoms with Crippen molar-refractivity contribution in [3.8, 4) is 0 Å². The highest BCUT2D eigenvalue weighted by molar-refractivity contribution is 6.03. The van der Waals surface area contributed by atoms with Crippen molar-refractivity contribution in [1.82, 2.24) is 9.97 Å². The molecule has 0 unspecified atom stereocenters. The monoisotopic (exact) mass is 372 g/mol. The first-order valence-electron chi connectivity index (χ1n) is 7.96. The van der Waals surface area contributed by atoms with E-state index in [2.05, 4.69) is 20.6 Å². The van der Waals surface area contributed by atoms with Crippen molar-refractivity contribution in [3.05, 3.63) is 77.7 Å². The third-order valence-corrected chi connectivity index (χ3v) is 3.76. The van der Waals surface area contributed by atoms with Crippen LogP contribution in [0.2, 0.25) is 0 Å². The van der Waals surface area contributed by atoms with E-state index < -0.39 is 17.6 Å². The van der Waals surface area contributed by atoms with Gasteiger partial charge in [-0.05, 0) is 36.8 Å². The normalized spacial score (nSPS) is 11.1. The van der Waals surface area contributed by atoms with E-state index in [1.165, 1.54) is 24.5 Å². The van der Waals surface area contributed by atoms with Crippen LogP contribution < -0.4 is 10.6 Å². The molecule has 8 heteroatoms. The Kier molecular flexibility index (Phi) is 5.07. The van der Waals surface area contributed by atoms with Gasteiger partial charge in [-0.3, -0.25) is 4.79 Å². The minimum atomic E-state index is -4.49. The van der Waals surface area contributed by atoms with Crippen LogP contribution in [-0.4, -0.2) is 15.9 Å². The fourth-order valence-electron chi connectivity index (χ4n) is 2.37. The maximum Gasteiger partial charge on any atom is 0.416 e. The lowest BCUT2D eigenvalue weighted by Crippen LogP contribution is -2.15. The van der Waals surface area contributed by atoms with E-state index in [9.17, 15) is 18.0 Å². The number of aromatic nitrogens is 2. The van der Waals surface area contributed by atoms with Crippen LogP contribution in [0.3, 0.4) is 0 Å². The molecule has 138 valence electrons. The zero-order valence-electron chi connectivity index (χ0n) is 14.2. The van der Waals surface area contributed by atoms with Gasteiger partial charge >= 0.3 is 6.18 Å². The van der Waals surface area contributed by atoms with Crippen LogP contribution >= 0.6 is 0 Å². The standard InChI is InChI=1S/C19H15F3N4O/c1-12-5-2-3-8-15(12)26-17-10-16(23-11-24-17)18(27)25-14-7-4-6-13(9-14)19(20,21)22/h2-11H,1H3,(H,25,27)(H,23,24,26). The maximum absolute atomic E-state index is 12.8. The van der Waals surface area contributed by atoms with Crippen molar-refractivity contribution < 1.29 is 18.0 Å². The molecule has 2 N–H and O–H groups in total. The molecule has 0 aliphatic rings. The zero-order valence-corrected chi connectivity index (χ0v) is 14.2. The molecular formula is C19H15F3N4O. The molecule has 0 saturated heterocycles. The lowest BCUT2D eigenvalue weighted by Gasteiger charge is -2.11. The number of rotatable bonds is 4. The molecule has 0 aliphatic carbocycles. The van der Waals surface area contributed by atoms with E-state index in [1.54, 1.807) is 0 Å². The van der Waals surface area contributed by atoms with Gasteiger partial charge in [-0.2, -0.15) is 13.2 Å². The third kappa shape index (κ3) is 4.60. The number of hydrogen-bond acceptors (Lipinski definition) is 4. The second-order valence-electron chi connectivity index (χ2n) is 5.76. The fraction of sp³-hybridized carbons (Fsp3) is 0.105. The van der Waals surface area contributed by atoms with Crippen molar-refractivity contribution in [2.45, 2.75) is 13.1 Å². The van der Waals surface area contributed by atoms with Crippen molar-refractivity contribution in [3.63, 3.8) is 0 Å². The summed E-state index contributed by atoms with van der Waals surface area (Å²) in [4.78, 5) is 20.3. The molecule has 0 aliphatic heterocycles. The summed E-state index contributed by atoms with van der Waals surface area (Å²) < 4.78 is 38.3. The van der Waals surface area contributed by atoms with E-state index in [0.717, 1.165) is 23.4 Å². The lowest BCUT2D eigenvalue weighted by molar-refractivity contribution is -0.137. The SMILES string of the molecule is Cc1ccccc1Nc1cc(C(=O)Nc2cccc(C(F)(F)F)c2)ncn1. The first kappa shape index (κ1) is 18.4. The highest BCUT2D eigenvalue weighted by Crippen LogP contribution is 2.30. The van der Waals surface area contributed by atoms with E-state index in [4.69, 9.17) is 0 Å². The molecule has 0 radical (unpaired) electrons. The smallest absolute Gasteiger partial charge is 0.340 e. The highest BCUT2D eigenvalue weighted by atomic mass is 19.4. The molecule has 27 heavy (non-hydrogen) atoms. The molecule has 2 aromatic carbocycles. The fourth-order valence-corrected chi connectivity index (χ4v) is 2.37. The first-order chi connectivity index (χ1) is 12.8. The Morgan fingerprint density at radius 3 is 2.52 bits per heavy atom. The van der Waals surface area contributed by atoms with Crippen LogP contribution in [-0.2, 0) is 6.18 Å². The van der Waals surface area contributed by atoms with Crippen LogP contribution in [0.25, 0.3) is 0 Å². The molecule has 0 spiro atoms. The first-order valence-corrected chi connectivity index (χ1v) is 7.96. The number of nitrogens with zero attached hydrogens (tertiary/aromatic N) is 2. The van der Waals surface area contributed by atoms with Gasteiger partial charge < -0.3 is 10.6 Å². The highest BCUT2D eigenvalue weighted by Gasteiger charge is 2.30. The number of alkyl halides is 3. The van der Waals surface area contributed by atoms with Gasteiger partial charge in [0.15, 0.2) is 0 Å². The predicted molar refractivity (Wildman–Crippen MR) is 95.9 cm³/mol. The van der Waals surface area contributed by atoms with Gasteiger partial charge in [0.25, 0.3) is 5.91 Å². The Balaban J connectivity index is 1.77. The number of aryl methyl sites for hydroxylation is 1. The Morgan fingerprint density at radius 1 is 1.00 bits per heavy atom. The van der Waals surface area contributed by atoms with Crippen LogP contribution in [0.1, 0.15) is 21.6 Å². The summed E-state index contributed by atoms with van der Waals surface area (Å²) in [7, 11) is 0. The molecule has 3 rings (SSSR count). The van der Waals surface area contributed by atoms with E-state index in [1.807, 2.05) is 31.2 Å². The quantitative estimate of drug-likeness (QED) is 0.690. The molecule has 3 aromatic rings. The largest absolute Gasteiger partial charge is 0.416 e.